The average molecular weight is 241 g/mol. The van der Waals surface area contributed by atoms with Gasteiger partial charge in [-0.25, -0.2) is 4.79 Å². The highest BCUT2D eigenvalue weighted by Crippen LogP contribution is 2.21. The molecule has 0 aliphatic carbocycles. The minimum atomic E-state index is -0.290. The van der Waals surface area contributed by atoms with Crippen LogP contribution in [0.25, 0.3) is 11.1 Å². The first-order chi connectivity index (χ1) is 8.70. The summed E-state index contributed by atoms with van der Waals surface area (Å²) in [7, 11) is 0. The molecular formula is C15H15NO2. The molecular weight excluding hydrogens is 226 g/mol. The van der Waals surface area contributed by atoms with Gasteiger partial charge in [0.15, 0.2) is 0 Å². The van der Waals surface area contributed by atoms with E-state index in [2.05, 4.69) is 0 Å². The number of carbonyl (C=O) groups excluding carboxylic acids is 1. The van der Waals surface area contributed by atoms with Crippen molar-refractivity contribution in [1.29, 1.82) is 0 Å². The van der Waals surface area contributed by atoms with Crippen molar-refractivity contribution in [3.8, 4) is 11.1 Å². The number of benzene rings is 2. The molecule has 18 heavy (non-hydrogen) atoms. The number of ether oxygens (including phenoxy) is 1. The summed E-state index contributed by atoms with van der Waals surface area (Å²) in [5.41, 5.74) is 9.06. The van der Waals surface area contributed by atoms with Crippen LogP contribution in [0.5, 0.6) is 0 Å². The normalized spacial score (nSPS) is 10.1. The lowest BCUT2D eigenvalue weighted by molar-refractivity contribution is 0.0526. The van der Waals surface area contributed by atoms with Gasteiger partial charge < -0.3 is 10.5 Å². The zero-order chi connectivity index (χ0) is 13.0. The number of rotatable bonds is 3. The molecule has 92 valence electrons. The minimum absolute atomic E-state index is 0.290. The van der Waals surface area contributed by atoms with Crippen LogP contribution in [0.3, 0.4) is 0 Å². The molecule has 0 bridgehead atoms. The summed E-state index contributed by atoms with van der Waals surface area (Å²) in [5.74, 6) is -0.290. The van der Waals surface area contributed by atoms with E-state index < -0.39 is 0 Å². The Hall–Kier alpha value is -2.29. The predicted molar refractivity (Wildman–Crippen MR) is 72.2 cm³/mol. The van der Waals surface area contributed by atoms with Crippen molar-refractivity contribution < 1.29 is 9.53 Å². The summed E-state index contributed by atoms with van der Waals surface area (Å²) in [6.07, 6.45) is 0. The van der Waals surface area contributed by atoms with Crippen molar-refractivity contribution in [2.45, 2.75) is 6.92 Å². The molecule has 0 saturated heterocycles. The van der Waals surface area contributed by atoms with E-state index in [1.54, 1.807) is 19.1 Å². The van der Waals surface area contributed by atoms with Crippen LogP contribution in [0.2, 0.25) is 0 Å². The van der Waals surface area contributed by atoms with Gasteiger partial charge in [0, 0.05) is 5.69 Å². The molecule has 0 spiro atoms. The molecule has 0 radical (unpaired) electrons. The van der Waals surface area contributed by atoms with Gasteiger partial charge in [-0.3, -0.25) is 0 Å². The Morgan fingerprint density at radius 2 is 1.50 bits per heavy atom. The lowest BCUT2D eigenvalue weighted by Gasteiger charge is -2.04. The maximum atomic E-state index is 11.5. The molecule has 3 heteroatoms. The van der Waals surface area contributed by atoms with E-state index in [0.717, 1.165) is 16.8 Å². The van der Waals surface area contributed by atoms with E-state index in [1.165, 1.54) is 0 Å². The van der Waals surface area contributed by atoms with Crippen LogP contribution in [-0.2, 0) is 4.74 Å². The number of anilines is 1. The van der Waals surface area contributed by atoms with Crippen LogP contribution in [0, 0.1) is 0 Å². The van der Waals surface area contributed by atoms with E-state index in [-0.39, 0.29) is 5.97 Å². The molecule has 0 unspecified atom stereocenters. The van der Waals surface area contributed by atoms with Gasteiger partial charge in [-0.2, -0.15) is 0 Å². The Morgan fingerprint density at radius 3 is 2.00 bits per heavy atom. The Bertz CT molecular complexity index is 529. The second kappa shape index (κ2) is 5.36. The summed E-state index contributed by atoms with van der Waals surface area (Å²) in [6.45, 7) is 2.18. The molecule has 0 heterocycles. The van der Waals surface area contributed by atoms with Crippen molar-refractivity contribution in [3.05, 3.63) is 54.1 Å². The second-order valence-corrected chi connectivity index (χ2v) is 3.92. The molecule has 2 rings (SSSR count). The van der Waals surface area contributed by atoms with Crippen LogP contribution >= 0.6 is 0 Å². The van der Waals surface area contributed by atoms with Gasteiger partial charge in [0.2, 0.25) is 0 Å². The number of hydrogen-bond donors (Lipinski definition) is 1. The van der Waals surface area contributed by atoms with Crippen molar-refractivity contribution in [2.24, 2.45) is 0 Å². The zero-order valence-corrected chi connectivity index (χ0v) is 10.2. The highest BCUT2D eigenvalue weighted by Gasteiger charge is 2.06. The van der Waals surface area contributed by atoms with Crippen LogP contribution in [-0.4, -0.2) is 12.6 Å². The molecule has 3 nitrogen and oxygen atoms in total. The first-order valence-corrected chi connectivity index (χ1v) is 5.84. The molecule has 0 atom stereocenters. The molecule has 0 aromatic heterocycles. The van der Waals surface area contributed by atoms with Crippen LogP contribution < -0.4 is 5.73 Å². The predicted octanol–water partition coefficient (Wildman–Crippen LogP) is 3.11. The van der Waals surface area contributed by atoms with E-state index in [9.17, 15) is 4.79 Å². The van der Waals surface area contributed by atoms with Gasteiger partial charge in [-0.05, 0) is 42.3 Å². The Labute approximate surface area is 106 Å². The number of esters is 1. The lowest BCUT2D eigenvalue weighted by Crippen LogP contribution is -2.03. The summed E-state index contributed by atoms with van der Waals surface area (Å²) >= 11 is 0. The van der Waals surface area contributed by atoms with Crippen molar-refractivity contribution in [1.82, 2.24) is 0 Å². The van der Waals surface area contributed by atoms with Crippen molar-refractivity contribution >= 4 is 11.7 Å². The fourth-order valence-electron chi connectivity index (χ4n) is 1.69. The third-order valence-electron chi connectivity index (χ3n) is 2.64. The topological polar surface area (TPSA) is 52.3 Å². The van der Waals surface area contributed by atoms with Crippen LogP contribution in [0.4, 0.5) is 5.69 Å². The Balaban J connectivity index is 2.22. The first-order valence-electron chi connectivity index (χ1n) is 5.84. The van der Waals surface area contributed by atoms with Crippen molar-refractivity contribution in [2.75, 3.05) is 12.3 Å². The molecule has 2 aromatic carbocycles. The Morgan fingerprint density at radius 1 is 1.00 bits per heavy atom. The molecule has 0 aliphatic heterocycles. The lowest BCUT2D eigenvalue weighted by atomic mass is 10.0. The average Bonchev–Trinajstić information content (AvgIpc) is 2.40. The standard InChI is InChI=1S/C15H15NO2/c1-2-18-15(17)13-5-3-11(4-6-13)12-7-9-14(16)10-8-12/h3-10H,2,16H2,1H3. The largest absolute Gasteiger partial charge is 0.462 e. The quantitative estimate of drug-likeness (QED) is 0.663. The molecule has 0 amide bonds. The number of nitrogen functional groups attached to an aromatic ring is 1. The van der Waals surface area contributed by atoms with E-state index >= 15 is 0 Å². The fourth-order valence-corrected chi connectivity index (χ4v) is 1.69. The fraction of sp³-hybridized carbons (Fsp3) is 0.133. The van der Waals surface area contributed by atoms with E-state index in [4.69, 9.17) is 10.5 Å². The van der Waals surface area contributed by atoms with Crippen LogP contribution in [0.1, 0.15) is 17.3 Å². The highest BCUT2D eigenvalue weighted by atomic mass is 16.5. The SMILES string of the molecule is CCOC(=O)c1ccc(-c2ccc(N)cc2)cc1. The number of carbonyl (C=O) groups is 1. The molecule has 2 N–H and O–H groups in total. The number of nitrogens with two attached hydrogens (primary N) is 1. The molecule has 0 aliphatic rings. The van der Waals surface area contributed by atoms with Gasteiger partial charge in [0.05, 0.1) is 12.2 Å². The maximum Gasteiger partial charge on any atom is 0.338 e. The van der Waals surface area contributed by atoms with Crippen molar-refractivity contribution in [3.63, 3.8) is 0 Å². The van der Waals surface area contributed by atoms with Gasteiger partial charge in [0.25, 0.3) is 0 Å². The third-order valence-corrected chi connectivity index (χ3v) is 2.64. The summed E-state index contributed by atoms with van der Waals surface area (Å²) < 4.78 is 4.93. The van der Waals surface area contributed by atoms with E-state index in [0.29, 0.717) is 12.2 Å². The highest BCUT2D eigenvalue weighted by molar-refractivity contribution is 5.90. The van der Waals surface area contributed by atoms with E-state index in [1.807, 2.05) is 36.4 Å². The maximum absolute atomic E-state index is 11.5. The Kier molecular flexibility index (Phi) is 3.63. The second-order valence-electron chi connectivity index (χ2n) is 3.92. The molecule has 2 aromatic rings. The first kappa shape index (κ1) is 12.2. The minimum Gasteiger partial charge on any atom is -0.462 e. The summed E-state index contributed by atoms with van der Waals surface area (Å²) in [5, 5.41) is 0. The summed E-state index contributed by atoms with van der Waals surface area (Å²) in [6, 6.07) is 15.0. The van der Waals surface area contributed by atoms with Gasteiger partial charge in [-0.15, -0.1) is 0 Å². The number of hydrogen-bond acceptors (Lipinski definition) is 3. The third kappa shape index (κ3) is 2.69. The molecule has 0 fully saturated rings. The van der Waals surface area contributed by atoms with Gasteiger partial charge >= 0.3 is 5.97 Å². The zero-order valence-electron chi connectivity index (χ0n) is 10.2. The van der Waals surface area contributed by atoms with Crippen LogP contribution in [0.15, 0.2) is 48.5 Å². The van der Waals surface area contributed by atoms with Gasteiger partial charge in [-0.1, -0.05) is 24.3 Å². The van der Waals surface area contributed by atoms with Gasteiger partial charge in [0.1, 0.15) is 0 Å². The monoisotopic (exact) mass is 241 g/mol. The molecule has 0 saturated carbocycles. The summed E-state index contributed by atoms with van der Waals surface area (Å²) in [4.78, 5) is 11.5. The smallest absolute Gasteiger partial charge is 0.338 e.